The van der Waals surface area contributed by atoms with Gasteiger partial charge in [-0.05, 0) is 31.4 Å². The van der Waals surface area contributed by atoms with Gasteiger partial charge in [-0.3, -0.25) is 4.57 Å². The second-order valence-electron chi connectivity index (χ2n) is 9.45. The summed E-state index contributed by atoms with van der Waals surface area (Å²) in [7, 11) is 0. The van der Waals surface area contributed by atoms with Crippen molar-refractivity contribution in [1.29, 1.82) is 0 Å². The molecule has 1 saturated heterocycles. The van der Waals surface area contributed by atoms with Crippen LogP contribution in [0, 0.1) is 0 Å². The molecule has 13 heteroatoms. The molecular formula is C26H35N9O4. The first-order valence-corrected chi connectivity index (χ1v) is 13.4. The average molecular weight is 538 g/mol. The number of rotatable bonds is 12. The number of aromatic nitrogens is 6. The van der Waals surface area contributed by atoms with Crippen LogP contribution in [0.1, 0.15) is 57.4 Å². The minimum absolute atomic E-state index is 0.200. The summed E-state index contributed by atoms with van der Waals surface area (Å²) in [6, 6.07) is 7.61. The zero-order valence-corrected chi connectivity index (χ0v) is 22.3. The number of nitrogens with one attached hydrogen (secondary N) is 3. The van der Waals surface area contributed by atoms with E-state index in [0.29, 0.717) is 48.2 Å². The number of aliphatic hydroxyl groups excluding tert-OH is 2. The smallest absolute Gasteiger partial charge is 0.226 e. The van der Waals surface area contributed by atoms with Crippen LogP contribution in [0.15, 0.2) is 41.3 Å². The van der Waals surface area contributed by atoms with Crippen molar-refractivity contribution in [3.05, 3.63) is 48.2 Å². The van der Waals surface area contributed by atoms with Crippen LogP contribution in [0.3, 0.4) is 0 Å². The van der Waals surface area contributed by atoms with Crippen LogP contribution >= 0.6 is 0 Å². The average Bonchev–Trinajstić information content (AvgIpc) is 3.68. The Kier molecular flexibility index (Phi) is 8.19. The Morgan fingerprint density at radius 1 is 1.03 bits per heavy atom. The van der Waals surface area contributed by atoms with E-state index in [2.05, 4.69) is 44.9 Å². The molecule has 0 aromatic carbocycles. The molecule has 5 heterocycles. The number of ether oxygens (including phenoxy) is 1. The van der Waals surface area contributed by atoms with E-state index in [-0.39, 0.29) is 6.04 Å². The van der Waals surface area contributed by atoms with Gasteiger partial charge in [-0.15, -0.1) is 0 Å². The molecule has 4 atom stereocenters. The van der Waals surface area contributed by atoms with Crippen molar-refractivity contribution in [2.75, 3.05) is 29.0 Å². The predicted octanol–water partition coefficient (Wildman–Crippen LogP) is 2.89. The topological polar surface area (TPSA) is 168 Å². The quantitative estimate of drug-likeness (QED) is 0.168. The normalized spacial score (nSPS) is 21.1. The lowest BCUT2D eigenvalue weighted by molar-refractivity contribution is -0.0434. The Morgan fingerprint density at radius 2 is 1.85 bits per heavy atom. The number of hydrogen-bond donors (Lipinski definition) is 5. The Labute approximate surface area is 226 Å². The minimum Gasteiger partial charge on any atom is -0.387 e. The Bertz CT molecular complexity index is 1360. The van der Waals surface area contributed by atoms with Gasteiger partial charge < -0.3 is 35.4 Å². The molecular weight excluding hydrogens is 502 g/mol. The highest BCUT2D eigenvalue weighted by molar-refractivity contribution is 5.84. The van der Waals surface area contributed by atoms with Crippen LogP contribution in [-0.4, -0.2) is 71.2 Å². The van der Waals surface area contributed by atoms with Crippen LogP contribution in [-0.2, 0) is 11.2 Å². The summed E-state index contributed by atoms with van der Waals surface area (Å²) < 4.78 is 13.1. The molecule has 0 bridgehead atoms. The number of aryl methyl sites for hydroxylation is 1. The van der Waals surface area contributed by atoms with Crippen molar-refractivity contribution in [2.24, 2.45) is 0 Å². The van der Waals surface area contributed by atoms with Crippen molar-refractivity contribution in [2.45, 2.75) is 70.6 Å². The molecule has 0 spiro atoms. The molecule has 0 saturated carbocycles. The molecule has 0 aliphatic carbocycles. The number of aliphatic hydroxyl groups is 2. The van der Waals surface area contributed by atoms with Crippen LogP contribution in [0.4, 0.5) is 17.6 Å². The molecule has 0 radical (unpaired) electrons. The number of fused-ring (bicyclic) bond motifs is 1. The SMILES string of the molecule is CCc1cc([C@H]2O[C@@H](n3cnc4c(NC(CC)CC)nc(NCCNc5ccccn5)nc43)[C@H](O)[C@@H]2O)on1. The second kappa shape index (κ2) is 11.9. The first-order chi connectivity index (χ1) is 19.0. The van der Waals surface area contributed by atoms with Crippen molar-refractivity contribution in [1.82, 2.24) is 29.7 Å². The van der Waals surface area contributed by atoms with Crippen molar-refractivity contribution >= 4 is 28.7 Å². The summed E-state index contributed by atoms with van der Waals surface area (Å²) in [6.45, 7) is 7.31. The minimum atomic E-state index is -1.24. The highest BCUT2D eigenvalue weighted by Gasteiger charge is 2.47. The molecule has 13 nitrogen and oxygen atoms in total. The van der Waals surface area contributed by atoms with E-state index in [9.17, 15) is 10.2 Å². The lowest BCUT2D eigenvalue weighted by Crippen LogP contribution is -2.29. The first kappa shape index (κ1) is 26.8. The molecule has 4 aromatic heterocycles. The molecule has 208 valence electrons. The van der Waals surface area contributed by atoms with E-state index in [4.69, 9.17) is 19.2 Å². The largest absolute Gasteiger partial charge is 0.387 e. The lowest BCUT2D eigenvalue weighted by Gasteiger charge is -2.19. The Morgan fingerprint density at radius 3 is 2.56 bits per heavy atom. The molecule has 4 aromatic rings. The van der Waals surface area contributed by atoms with Crippen molar-refractivity contribution in [3.63, 3.8) is 0 Å². The predicted molar refractivity (Wildman–Crippen MR) is 145 cm³/mol. The van der Waals surface area contributed by atoms with Gasteiger partial charge in [-0.25, -0.2) is 9.97 Å². The maximum absolute atomic E-state index is 11.0. The fourth-order valence-electron chi connectivity index (χ4n) is 4.55. The third kappa shape index (κ3) is 5.65. The summed E-state index contributed by atoms with van der Waals surface area (Å²) in [5.74, 6) is 2.12. The fraction of sp³-hybridized carbons (Fsp3) is 0.500. The van der Waals surface area contributed by atoms with Crippen LogP contribution in [0.25, 0.3) is 11.2 Å². The molecule has 39 heavy (non-hydrogen) atoms. The highest BCUT2D eigenvalue weighted by atomic mass is 16.6. The number of nitrogens with zero attached hydrogens (tertiary/aromatic N) is 6. The summed E-state index contributed by atoms with van der Waals surface area (Å²) in [6.07, 6.45) is 1.50. The maximum atomic E-state index is 11.0. The highest BCUT2D eigenvalue weighted by Crippen LogP contribution is 2.40. The van der Waals surface area contributed by atoms with Gasteiger partial charge in [0.25, 0.3) is 0 Å². The number of anilines is 3. The Hall–Kier alpha value is -3.81. The van der Waals surface area contributed by atoms with Gasteiger partial charge >= 0.3 is 0 Å². The first-order valence-electron chi connectivity index (χ1n) is 13.4. The van der Waals surface area contributed by atoms with Crippen molar-refractivity contribution < 1.29 is 19.5 Å². The number of imidazole rings is 1. The van der Waals surface area contributed by atoms with E-state index in [1.165, 1.54) is 0 Å². The number of hydrogen-bond acceptors (Lipinski definition) is 12. The van der Waals surface area contributed by atoms with Gasteiger partial charge in [0.2, 0.25) is 5.95 Å². The molecule has 1 aliphatic heterocycles. The molecule has 1 aliphatic rings. The third-order valence-electron chi connectivity index (χ3n) is 6.86. The van der Waals surface area contributed by atoms with E-state index in [1.807, 2.05) is 25.1 Å². The summed E-state index contributed by atoms with van der Waals surface area (Å²) in [5, 5.41) is 35.7. The lowest BCUT2D eigenvalue weighted by atomic mass is 10.1. The van der Waals surface area contributed by atoms with Crippen LogP contribution < -0.4 is 16.0 Å². The summed E-state index contributed by atoms with van der Waals surface area (Å²) >= 11 is 0. The van der Waals surface area contributed by atoms with E-state index >= 15 is 0 Å². The maximum Gasteiger partial charge on any atom is 0.226 e. The monoisotopic (exact) mass is 537 g/mol. The van der Waals surface area contributed by atoms with Gasteiger partial charge in [-0.2, -0.15) is 9.97 Å². The summed E-state index contributed by atoms with van der Waals surface area (Å²) in [4.78, 5) is 18.2. The van der Waals surface area contributed by atoms with E-state index < -0.39 is 24.5 Å². The molecule has 0 unspecified atom stereocenters. The zero-order valence-electron chi connectivity index (χ0n) is 22.3. The zero-order chi connectivity index (χ0) is 27.4. The van der Waals surface area contributed by atoms with Gasteiger partial charge in [0.1, 0.15) is 24.1 Å². The second-order valence-corrected chi connectivity index (χ2v) is 9.45. The van der Waals surface area contributed by atoms with Crippen molar-refractivity contribution in [3.8, 4) is 0 Å². The van der Waals surface area contributed by atoms with Gasteiger partial charge in [0.15, 0.2) is 29.0 Å². The van der Waals surface area contributed by atoms with Gasteiger partial charge in [0.05, 0.1) is 12.0 Å². The molecule has 5 rings (SSSR count). The molecule has 0 amide bonds. The standard InChI is InChI=1S/C26H35N9O4/c1-4-15(5-2)31-23-19-24(33-26(32-23)29-12-11-28-18-9-7-8-10-27-18)35(14-30-19)25-21(37)20(36)22(38-25)17-13-16(6-3)34-39-17/h7-10,13-15,20-22,25,36-37H,4-6,11-12H2,1-3H3,(H,27,28)(H2,29,31,32,33)/t20-,21+,22+,25+/m0/s1. The summed E-state index contributed by atoms with van der Waals surface area (Å²) in [5.41, 5.74) is 1.74. The Balaban J connectivity index is 1.41. The molecule has 1 fully saturated rings. The fourth-order valence-corrected chi connectivity index (χ4v) is 4.55. The van der Waals surface area contributed by atoms with Crippen LogP contribution in [0.2, 0.25) is 0 Å². The van der Waals surface area contributed by atoms with E-state index in [0.717, 1.165) is 24.4 Å². The van der Waals surface area contributed by atoms with Gasteiger partial charge in [0, 0.05) is 31.4 Å². The molecule has 5 N–H and O–H groups in total. The van der Waals surface area contributed by atoms with Gasteiger partial charge in [-0.1, -0.05) is 32.0 Å². The number of pyridine rings is 1. The van der Waals surface area contributed by atoms with E-state index in [1.54, 1.807) is 23.2 Å². The van der Waals surface area contributed by atoms with Crippen LogP contribution in [0.5, 0.6) is 0 Å². The third-order valence-corrected chi connectivity index (χ3v) is 6.86.